The smallest absolute Gasteiger partial charge is 0.240 e. The topological polar surface area (TPSA) is 60.6 Å². The third-order valence-corrected chi connectivity index (χ3v) is 4.98. The number of ether oxygens (including phenoxy) is 2. The SMILES string of the molecule is COc1ccc(OC)c(CN(Cc2nc(Cc3ccccc3)no2)C2CC2)c1. The van der Waals surface area contributed by atoms with E-state index in [1.165, 1.54) is 18.4 Å². The fourth-order valence-electron chi connectivity index (χ4n) is 3.36. The summed E-state index contributed by atoms with van der Waals surface area (Å²) in [5, 5.41) is 4.15. The molecule has 2 aromatic carbocycles. The number of hydrogen-bond donors (Lipinski definition) is 0. The van der Waals surface area contributed by atoms with Crippen LogP contribution in [0.5, 0.6) is 11.5 Å². The van der Waals surface area contributed by atoms with Gasteiger partial charge in [-0.25, -0.2) is 0 Å². The van der Waals surface area contributed by atoms with Crippen molar-refractivity contribution in [3.63, 3.8) is 0 Å². The van der Waals surface area contributed by atoms with E-state index in [2.05, 4.69) is 27.2 Å². The van der Waals surface area contributed by atoms with E-state index in [1.54, 1.807) is 14.2 Å². The molecule has 0 spiro atoms. The van der Waals surface area contributed by atoms with Crippen LogP contribution in [0.25, 0.3) is 0 Å². The molecule has 146 valence electrons. The van der Waals surface area contributed by atoms with Gasteiger partial charge in [-0.2, -0.15) is 4.98 Å². The fraction of sp³-hybridized carbons (Fsp3) is 0.364. The predicted octanol–water partition coefficient (Wildman–Crippen LogP) is 3.84. The highest BCUT2D eigenvalue weighted by molar-refractivity contribution is 5.40. The van der Waals surface area contributed by atoms with Crippen molar-refractivity contribution in [2.24, 2.45) is 0 Å². The number of rotatable bonds is 9. The van der Waals surface area contributed by atoms with Gasteiger partial charge in [-0.3, -0.25) is 4.90 Å². The second-order valence-corrected chi connectivity index (χ2v) is 7.08. The van der Waals surface area contributed by atoms with E-state index in [0.29, 0.717) is 24.9 Å². The Morgan fingerprint density at radius 1 is 1.04 bits per heavy atom. The maximum atomic E-state index is 5.53. The maximum Gasteiger partial charge on any atom is 0.240 e. The summed E-state index contributed by atoms with van der Waals surface area (Å²) in [6, 6.07) is 16.6. The summed E-state index contributed by atoms with van der Waals surface area (Å²) >= 11 is 0. The first-order chi connectivity index (χ1) is 13.7. The summed E-state index contributed by atoms with van der Waals surface area (Å²) < 4.78 is 16.4. The highest BCUT2D eigenvalue weighted by atomic mass is 16.5. The van der Waals surface area contributed by atoms with Crippen LogP contribution in [0.1, 0.15) is 35.7 Å². The molecule has 4 rings (SSSR count). The molecule has 1 aromatic heterocycles. The van der Waals surface area contributed by atoms with Crippen LogP contribution in [-0.4, -0.2) is 35.3 Å². The van der Waals surface area contributed by atoms with Crippen LogP contribution in [0, 0.1) is 0 Å². The van der Waals surface area contributed by atoms with Gasteiger partial charge >= 0.3 is 0 Å². The number of methoxy groups -OCH3 is 2. The van der Waals surface area contributed by atoms with Crippen molar-refractivity contribution >= 4 is 0 Å². The Labute approximate surface area is 165 Å². The van der Waals surface area contributed by atoms with E-state index in [0.717, 1.165) is 29.4 Å². The van der Waals surface area contributed by atoms with Crippen LogP contribution in [0.4, 0.5) is 0 Å². The van der Waals surface area contributed by atoms with Gasteiger partial charge < -0.3 is 14.0 Å². The fourth-order valence-corrected chi connectivity index (χ4v) is 3.36. The minimum absolute atomic E-state index is 0.542. The van der Waals surface area contributed by atoms with E-state index in [-0.39, 0.29) is 0 Å². The zero-order valence-electron chi connectivity index (χ0n) is 16.3. The zero-order chi connectivity index (χ0) is 19.3. The first-order valence-electron chi connectivity index (χ1n) is 9.55. The number of benzene rings is 2. The van der Waals surface area contributed by atoms with Gasteiger partial charge in [0.1, 0.15) is 11.5 Å². The lowest BCUT2D eigenvalue weighted by Gasteiger charge is -2.21. The van der Waals surface area contributed by atoms with Crippen molar-refractivity contribution in [3.8, 4) is 11.5 Å². The average molecular weight is 379 g/mol. The van der Waals surface area contributed by atoms with Crippen molar-refractivity contribution in [2.45, 2.75) is 38.4 Å². The molecule has 0 unspecified atom stereocenters. The Morgan fingerprint density at radius 3 is 2.57 bits per heavy atom. The van der Waals surface area contributed by atoms with Gasteiger partial charge in [0.05, 0.1) is 20.8 Å². The Morgan fingerprint density at radius 2 is 1.86 bits per heavy atom. The molecule has 0 radical (unpaired) electrons. The molecule has 6 nitrogen and oxygen atoms in total. The summed E-state index contributed by atoms with van der Waals surface area (Å²) in [7, 11) is 3.37. The molecule has 0 atom stereocenters. The van der Waals surface area contributed by atoms with E-state index in [9.17, 15) is 0 Å². The molecule has 3 aromatic rings. The van der Waals surface area contributed by atoms with Crippen molar-refractivity contribution in [2.75, 3.05) is 14.2 Å². The molecule has 0 amide bonds. The second kappa shape index (κ2) is 8.44. The van der Waals surface area contributed by atoms with Gasteiger partial charge in [-0.15, -0.1) is 0 Å². The van der Waals surface area contributed by atoms with E-state index >= 15 is 0 Å². The molecule has 0 aliphatic heterocycles. The molecule has 1 heterocycles. The molecule has 0 N–H and O–H groups in total. The lowest BCUT2D eigenvalue weighted by molar-refractivity contribution is 0.207. The Hall–Kier alpha value is -2.86. The third-order valence-electron chi connectivity index (χ3n) is 4.98. The monoisotopic (exact) mass is 379 g/mol. The lowest BCUT2D eigenvalue weighted by atomic mass is 10.1. The summed E-state index contributed by atoms with van der Waals surface area (Å²) in [6.45, 7) is 1.38. The normalized spacial score (nSPS) is 13.7. The van der Waals surface area contributed by atoms with E-state index in [1.807, 2.05) is 36.4 Å². The lowest BCUT2D eigenvalue weighted by Crippen LogP contribution is -2.25. The van der Waals surface area contributed by atoms with Gasteiger partial charge in [0.15, 0.2) is 5.82 Å². The molecule has 6 heteroatoms. The third kappa shape index (κ3) is 4.51. The largest absolute Gasteiger partial charge is 0.497 e. The minimum atomic E-state index is 0.542. The van der Waals surface area contributed by atoms with Crippen molar-refractivity contribution in [1.82, 2.24) is 15.0 Å². The maximum absolute atomic E-state index is 5.53. The highest BCUT2D eigenvalue weighted by Gasteiger charge is 2.31. The van der Waals surface area contributed by atoms with E-state index < -0.39 is 0 Å². The Bertz CT molecular complexity index is 906. The van der Waals surface area contributed by atoms with Gasteiger partial charge in [-0.05, 0) is 36.6 Å². The molecule has 1 aliphatic carbocycles. The Balaban J connectivity index is 1.46. The second-order valence-electron chi connectivity index (χ2n) is 7.08. The van der Waals surface area contributed by atoms with Gasteiger partial charge in [0.2, 0.25) is 5.89 Å². The summed E-state index contributed by atoms with van der Waals surface area (Å²) in [6.07, 6.45) is 3.06. The van der Waals surface area contributed by atoms with Gasteiger partial charge in [0, 0.05) is 24.6 Å². The van der Waals surface area contributed by atoms with Crippen LogP contribution in [0.2, 0.25) is 0 Å². The van der Waals surface area contributed by atoms with Crippen LogP contribution < -0.4 is 9.47 Å². The van der Waals surface area contributed by atoms with Crippen LogP contribution >= 0.6 is 0 Å². The van der Waals surface area contributed by atoms with Gasteiger partial charge in [0.25, 0.3) is 0 Å². The highest BCUT2D eigenvalue weighted by Crippen LogP contribution is 2.32. The molecule has 28 heavy (non-hydrogen) atoms. The quantitative estimate of drug-likeness (QED) is 0.563. The molecule has 1 aliphatic rings. The minimum Gasteiger partial charge on any atom is -0.497 e. The number of nitrogens with zero attached hydrogens (tertiary/aromatic N) is 3. The zero-order valence-corrected chi connectivity index (χ0v) is 16.3. The molecular formula is C22H25N3O3. The number of hydrogen-bond acceptors (Lipinski definition) is 6. The first-order valence-corrected chi connectivity index (χ1v) is 9.55. The first kappa shape index (κ1) is 18.5. The van der Waals surface area contributed by atoms with Crippen molar-refractivity contribution in [3.05, 3.63) is 71.4 Å². The molecule has 1 saturated carbocycles. The predicted molar refractivity (Wildman–Crippen MR) is 105 cm³/mol. The summed E-state index contributed by atoms with van der Waals surface area (Å²) in [4.78, 5) is 6.97. The summed E-state index contributed by atoms with van der Waals surface area (Å²) in [5.41, 5.74) is 2.27. The Kier molecular flexibility index (Phi) is 5.58. The molecule has 1 fully saturated rings. The molecule has 0 saturated heterocycles. The summed E-state index contributed by atoms with van der Waals surface area (Å²) in [5.74, 6) is 3.06. The van der Waals surface area contributed by atoms with Gasteiger partial charge in [-0.1, -0.05) is 35.5 Å². The standard InChI is InChI=1S/C22H25N3O3/c1-26-19-10-11-20(27-2)17(13-19)14-25(18-8-9-18)15-22-23-21(24-28-22)12-16-6-4-3-5-7-16/h3-7,10-11,13,18H,8-9,12,14-15H2,1-2H3. The molecule has 0 bridgehead atoms. The van der Waals surface area contributed by atoms with Crippen LogP contribution in [-0.2, 0) is 19.5 Å². The number of aromatic nitrogens is 2. The van der Waals surface area contributed by atoms with E-state index in [4.69, 9.17) is 14.0 Å². The molecular weight excluding hydrogens is 354 g/mol. The van der Waals surface area contributed by atoms with Crippen molar-refractivity contribution < 1.29 is 14.0 Å². The van der Waals surface area contributed by atoms with Crippen LogP contribution in [0.3, 0.4) is 0 Å². The average Bonchev–Trinajstić information content (AvgIpc) is 3.49. The van der Waals surface area contributed by atoms with Crippen LogP contribution in [0.15, 0.2) is 53.1 Å². The van der Waals surface area contributed by atoms with Crippen molar-refractivity contribution in [1.29, 1.82) is 0 Å².